The fourth-order valence-electron chi connectivity index (χ4n) is 14.5. The number of hydrogen-bond acceptors (Lipinski definition) is 20. The average Bonchev–Trinajstić information content (AvgIpc) is 1.70. The molecule has 13 aromatic heterocycles. The molecule has 0 unspecified atom stereocenters. The van der Waals surface area contributed by atoms with Gasteiger partial charge in [0.15, 0.2) is 0 Å². The number of imidazole rings is 1. The van der Waals surface area contributed by atoms with Crippen molar-refractivity contribution in [1.29, 1.82) is 0 Å². The van der Waals surface area contributed by atoms with Gasteiger partial charge in [0.25, 0.3) is 35.3 Å². The minimum absolute atomic E-state index is 0. The van der Waals surface area contributed by atoms with E-state index in [1.807, 2.05) is 174 Å². The molecule has 0 aliphatic carbocycles. The molecule has 124 heavy (non-hydrogen) atoms. The zero-order chi connectivity index (χ0) is 84.0. The van der Waals surface area contributed by atoms with E-state index < -0.39 is 0 Å². The van der Waals surface area contributed by atoms with E-state index in [4.69, 9.17) is 72.7 Å². The summed E-state index contributed by atoms with van der Waals surface area (Å²) in [6.45, 7) is 27.6. The molecular formula is C91H147N25O8. The second kappa shape index (κ2) is 47.5. The van der Waals surface area contributed by atoms with Gasteiger partial charge in [0.05, 0.1) is 141 Å². The molecule has 684 valence electrons. The topological polar surface area (TPSA) is 354 Å². The maximum Gasteiger partial charge on any atom is 0.257 e. The van der Waals surface area contributed by atoms with E-state index in [9.17, 15) is 0 Å². The van der Waals surface area contributed by atoms with Gasteiger partial charge in [-0.2, -0.15) is 0 Å². The largest absolute Gasteiger partial charge is 0.471 e. The van der Waals surface area contributed by atoms with Crippen molar-refractivity contribution in [1.82, 2.24) is 62.3 Å². The van der Waals surface area contributed by atoms with Crippen molar-refractivity contribution < 1.29 is 65.2 Å². The number of aliphatic hydroxyl groups is 1. The summed E-state index contributed by atoms with van der Waals surface area (Å²) in [4.78, 5) is 0. The first-order valence-corrected chi connectivity index (χ1v) is 41.2. The summed E-state index contributed by atoms with van der Waals surface area (Å²) in [5.41, 5.74) is 45.2. The molecule has 0 spiro atoms. The number of ether oxygens (including phenoxy) is 7. The van der Waals surface area contributed by atoms with Crippen LogP contribution in [0.4, 0.5) is 34.1 Å². The minimum Gasteiger partial charge on any atom is -0.471 e. The number of pyridine rings is 6. The highest BCUT2D eigenvalue weighted by atomic mass is 16.5. The lowest BCUT2D eigenvalue weighted by Crippen LogP contribution is -2.56. The Morgan fingerprint density at radius 3 is 0.944 bits per heavy atom. The van der Waals surface area contributed by atoms with Gasteiger partial charge in [-0.15, -0.1) is 30.6 Å². The number of anilines is 6. The van der Waals surface area contributed by atoms with E-state index in [1.54, 1.807) is 27.1 Å². The highest BCUT2D eigenvalue weighted by Crippen LogP contribution is 2.31. The van der Waals surface area contributed by atoms with Gasteiger partial charge >= 0.3 is 0 Å². The molecule has 3 aliphatic heterocycles. The molecule has 16 rings (SSSR count). The second-order valence-electron chi connectivity index (χ2n) is 33.2. The quantitative estimate of drug-likeness (QED) is 0.0136. The van der Waals surface area contributed by atoms with Gasteiger partial charge in [-0.25, -0.2) is 36.2 Å². The molecule has 3 fully saturated rings. The van der Waals surface area contributed by atoms with Crippen LogP contribution in [0.3, 0.4) is 0 Å². The first-order valence-electron chi connectivity index (χ1n) is 41.2. The molecular weight excluding hydrogens is 1570 g/mol. The fourth-order valence-corrected chi connectivity index (χ4v) is 14.5. The van der Waals surface area contributed by atoms with Gasteiger partial charge in [0.1, 0.15) is 145 Å². The number of aliphatic hydroxyl groups excluding tert-OH is 1. The summed E-state index contributed by atoms with van der Waals surface area (Å²) < 4.78 is 59.3. The number of quaternary nitrogens is 5. The molecule has 0 bridgehead atoms. The monoisotopic (exact) mass is 1720 g/mol. The predicted molar refractivity (Wildman–Crippen MR) is 501 cm³/mol. The van der Waals surface area contributed by atoms with Crippen LogP contribution in [0.5, 0.6) is 35.3 Å². The third-order valence-electron chi connectivity index (χ3n) is 22.8. The normalized spacial score (nSPS) is 14.3. The number of piperidine rings is 1. The number of morpholine rings is 1. The molecule has 0 radical (unpaired) electrons. The van der Waals surface area contributed by atoms with Crippen molar-refractivity contribution >= 4 is 67.2 Å². The van der Waals surface area contributed by atoms with Crippen LogP contribution in [-0.2, 0) is 17.8 Å². The lowest BCUT2D eigenvalue weighted by molar-refractivity contribution is -0.949. The third kappa shape index (κ3) is 27.3. The Kier molecular flexibility index (Phi) is 39.5. The maximum atomic E-state index is 8.87. The number of fused-ring (bicyclic) bond motifs is 6. The smallest absolute Gasteiger partial charge is 0.257 e. The summed E-state index contributed by atoms with van der Waals surface area (Å²) in [7, 11) is 15.5. The Labute approximate surface area is 736 Å². The molecule has 0 saturated carbocycles. The van der Waals surface area contributed by atoms with Crippen LogP contribution in [0.15, 0.2) is 165 Å². The van der Waals surface area contributed by atoms with Crippen LogP contribution in [-0.4, -0.2) is 283 Å². The number of aromatic nitrogens is 14. The fraction of sp³-hybridized carbons (Fsp3) is 0.440. The standard InChI is InChI=1S/C16H27N4O.C15H23N4O.C14H18N5O2.C14H21N4O2.C14H21N4O.C12H19N4O.6CH3/c1-12(2)20(5,13(3)4)10-11-21-16-15(17)14-8-6-7-9-19(14)18-16;1-19(9-5-2-6-10-19)11-12-20-15-14(16)13-7-3-4-8-18(13)17-15;15-13-12-3-1-2-4-19(12)16-14(13)21-10-8-18-6-5-17(11-18)7-9-20;1-18(6-9-19-10-7-18)8-11-20-14-13(15)12-4-2-3-5-17(12)16-14;1-18(8-4-5-9-18)10-11-19-14-13(15)12-6-2-3-7-17(12)16-14;1-16(2,3)8-9-17-12-11(13)10-6-4-5-7-15(10)14-12;;;;;;/h6-9,12-13H,10-11,17H2,1-5H3;3-4,7-8H,2,5-6,9-12,16H2,1H3;1-6,11,20H,7-10,15H2;2-5H,6-11,15H2,1H3;2-3,6-7H,4-5,8-11,15H2,1H3;4-7H,8-9,13H2,1-3H3;6*1H3/q6*+1;6*-1. The number of likely N-dealkylation sites (N-methyl/N-ethyl adjacent to an activating group) is 5. The zero-order valence-electron chi connectivity index (χ0n) is 77.1. The summed E-state index contributed by atoms with van der Waals surface area (Å²) >= 11 is 0. The van der Waals surface area contributed by atoms with Crippen molar-refractivity contribution in [2.45, 2.75) is 85.0 Å². The summed E-state index contributed by atoms with van der Waals surface area (Å²) in [5.74, 6) is 3.13. The summed E-state index contributed by atoms with van der Waals surface area (Å²) in [5, 5.41) is 34.9. The second-order valence-corrected chi connectivity index (χ2v) is 33.2. The first-order chi connectivity index (χ1) is 56.6. The highest BCUT2D eigenvalue weighted by molar-refractivity contribution is 5.78. The number of nitrogens with two attached hydrogens (primary N) is 6. The van der Waals surface area contributed by atoms with Gasteiger partial charge in [-0.1, -0.05) is 36.4 Å². The molecule has 33 nitrogen and oxygen atoms in total. The van der Waals surface area contributed by atoms with Crippen molar-refractivity contribution in [3.8, 4) is 35.3 Å². The average molecular weight is 1720 g/mol. The van der Waals surface area contributed by atoms with E-state index in [2.05, 4.69) is 108 Å². The van der Waals surface area contributed by atoms with Crippen molar-refractivity contribution in [3.05, 3.63) is 210 Å². The van der Waals surface area contributed by atoms with Crippen molar-refractivity contribution in [2.75, 3.05) is 215 Å². The number of hydrogen-bond donors (Lipinski definition) is 7. The molecule has 3 saturated heterocycles. The molecule has 33 heteroatoms. The van der Waals surface area contributed by atoms with Crippen molar-refractivity contribution in [3.63, 3.8) is 0 Å². The third-order valence-corrected chi connectivity index (χ3v) is 22.8. The minimum atomic E-state index is 0. The van der Waals surface area contributed by atoms with E-state index in [1.165, 1.54) is 58.3 Å². The van der Waals surface area contributed by atoms with Crippen LogP contribution in [0.2, 0.25) is 0 Å². The van der Waals surface area contributed by atoms with Gasteiger partial charge in [-0.05, 0) is 120 Å². The number of nitrogens with zero attached hydrogens (tertiary/aromatic N) is 19. The Morgan fingerprint density at radius 2 is 0.661 bits per heavy atom. The first kappa shape index (κ1) is 103. The molecule has 0 atom stereocenters. The molecule has 3 aliphatic rings. The molecule has 13 N–H and O–H groups in total. The van der Waals surface area contributed by atoms with E-state index in [0.29, 0.717) is 134 Å². The Balaban J connectivity index is 0.000000262. The van der Waals surface area contributed by atoms with Crippen molar-refractivity contribution in [2.24, 2.45) is 0 Å². The van der Waals surface area contributed by atoms with Crippen LogP contribution in [0, 0.1) is 44.6 Å². The van der Waals surface area contributed by atoms with Gasteiger partial charge in [0.2, 0.25) is 6.33 Å². The molecule has 0 amide bonds. The highest BCUT2D eigenvalue weighted by Gasteiger charge is 2.32. The Morgan fingerprint density at radius 1 is 0.387 bits per heavy atom. The van der Waals surface area contributed by atoms with Crippen LogP contribution in [0.1, 0.15) is 59.8 Å². The molecule has 0 aromatic carbocycles. The van der Waals surface area contributed by atoms with Crippen LogP contribution in [0.25, 0.3) is 33.1 Å². The van der Waals surface area contributed by atoms with E-state index in [0.717, 1.165) is 115 Å². The zero-order valence-corrected chi connectivity index (χ0v) is 77.1. The lowest BCUT2D eigenvalue weighted by atomic mass is 10.1. The Hall–Kier alpha value is -11.3. The van der Waals surface area contributed by atoms with Gasteiger partial charge < -0.3 is 140 Å². The number of likely N-dealkylation sites (tertiary alicyclic amines) is 2. The van der Waals surface area contributed by atoms with Crippen LogP contribution < -0.4 is 67.4 Å². The van der Waals surface area contributed by atoms with Crippen LogP contribution >= 0.6 is 0 Å². The SMILES string of the molecule is CC(C)[N+](C)(CCOc1nn2ccccc2c1N)C(C)C.C[N+](C)(C)CCOc1nn2ccccc2c1N.C[N+]1(CCOc2nn3ccccc3c2N)CCCC1.C[N+]1(CCOc2nn3ccccc3c2N)CCCCC1.C[N+]1(CCOc2nn3ccccc3c2N)CCOCC1.Nc1c(OCCn2cc[n+](CCO)c2)nn2ccccc12.[CH3-].[CH3-].[CH3-].[CH3-].[CH3-].[CH3-]. The van der Waals surface area contributed by atoms with E-state index >= 15 is 0 Å². The van der Waals surface area contributed by atoms with Gasteiger partial charge in [-0.3, -0.25) is 0 Å². The number of nitrogen functional groups attached to an aromatic ring is 6. The maximum absolute atomic E-state index is 8.87. The summed E-state index contributed by atoms with van der Waals surface area (Å²) in [6.07, 6.45) is 23.7. The Bertz CT molecular complexity index is 5160. The van der Waals surface area contributed by atoms with Gasteiger partial charge in [0, 0.05) is 50.0 Å². The lowest BCUT2D eigenvalue weighted by Gasteiger charge is -2.42. The molecule has 13 aromatic rings. The summed E-state index contributed by atoms with van der Waals surface area (Å²) in [6, 6.07) is 35.9. The van der Waals surface area contributed by atoms with E-state index in [-0.39, 0.29) is 51.2 Å². The number of rotatable bonds is 28. The predicted octanol–water partition coefficient (Wildman–Crippen LogP) is 10.6. The molecule has 16 heterocycles.